The molecule has 0 spiro atoms. The Morgan fingerprint density at radius 1 is 0.378 bits per heavy atom. The Morgan fingerprint density at radius 3 is 1.59 bits per heavy atom. The molecule has 1 nitrogen and oxygen atoms in total. The number of benzene rings is 7. The number of rotatable bonds is 2. The van der Waals surface area contributed by atoms with E-state index in [2.05, 4.69) is 0 Å². The quantitative estimate of drug-likeness (QED) is 0.219. The summed E-state index contributed by atoms with van der Waals surface area (Å²) < 4.78 is 200. The van der Waals surface area contributed by atoms with Gasteiger partial charge in [-0.25, -0.2) is 0 Å². The average Bonchev–Trinajstić information content (AvgIpc) is 3.62. The Kier molecular flexibility index (Phi) is 1.76. The van der Waals surface area contributed by atoms with Crippen LogP contribution in [0.5, 0.6) is 0 Å². The second kappa shape index (κ2) is 7.81. The van der Waals surface area contributed by atoms with Crippen LogP contribution in [-0.4, -0.2) is 0 Å². The van der Waals surface area contributed by atoms with Gasteiger partial charge in [-0.2, -0.15) is 0 Å². The van der Waals surface area contributed by atoms with Gasteiger partial charge in [0, 0.05) is 16.2 Å². The number of furan rings is 1. The van der Waals surface area contributed by atoms with E-state index in [0.717, 1.165) is 0 Å². The Hall–Kier alpha value is -4.88. The maximum atomic E-state index is 9.36. The standard InChI is InChI=1S/C36H22O/c1-2-11-23(12-3-1)34-27-14-4-6-16-29(27)35(30-17-7-5-15-28(30)34)26-18-10-19-31-24(26)21-22-32-25-13-8-9-20-33(25)37-36(31)32/h1-22H/i1D,2D,3D,4D,5D,6D,7D,8D,9D,10D,11D,12D,13D,14D,15D,16D,17D,18D,19D,20D,21D,22D. The molecule has 0 aliphatic heterocycles. The molecule has 1 heterocycles. The van der Waals surface area contributed by atoms with Crippen LogP contribution in [0.25, 0.3) is 76.5 Å². The van der Waals surface area contributed by atoms with Crippen LogP contribution in [0.1, 0.15) is 30.2 Å². The summed E-state index contributed by atoms with van der Waals surface area (Å²) in [5, 5.41) is -4.21. The van der Waals surface area contributed by atoms with Crippen LogP contribution >= 0.6 is 0 Å². The van der Waals surface area contributed by atoms with Gasteiger partial charge in [-0.3, -0.25) is 0 Å². The first-order chi connectivity index (χ1) is 27.5. The van der Waals surface area contributed by atoms with Crippen LogP contribution in [0.4, 0.5) is 0 Å². The molecule has 1 aromatic heterocycles. The minimum Gasteiger partial charge on any atom is -0.455 e. The molecule has 0 unspecified atom stereocenters. The van der Waals surface area contributed by atoms with Crippen LogP contribution in [0, 0.1) is 0 Å². The van der Waals surface area contributed by atoms with Crippen molar-refractivity contribution in [2.75, 3.05) is 0 Å². The van der Waals surface area contributed by atoms with Gasteiger partial charge in [0.15, 0.2) is 0 Å². The fourth-order valence-electron chi connectivity index (χ4n) is 4.63. The Balaban J connectivity index is 1.79. The predicted molar refractivity (Wildman–Crippen MR) is 157 cm³/mol. The summed E-state index contributed by atoms with van der Waals surface area (Å²) in [6.07, 6.45) is 0. The fourth-order valence-corrected chi connectivity index (χ4v) is 4.63. The van der Waals surface area contributed by atoms with E-state index in [-0.39, 0.29) is 10.8 Å². The summed E-state index contributed by atoms with van der Waals surface area (Å²) in [6, 6.07) is -18.5. The van der Waals surface area contributed by atoms with E-state index in [4.69, 9.17) is 26.3 Å². The van der Waals surface area contributed by atoms with Gasteiger partial charge in [-0.15, -0.1) is 0 Å². The van der Waals surface area contributed by atoms with Gasteiger partial charge in [0.25, 0.3) is 0 Å². The Bertz CT molecular complexity index is 3240. The topological polar surface area (TPSA) is 13.1 Å². The molecule has 0 N–H and O–H groups in total. The van der Waals surface area contributed by atoms with Gasteiger partial charge in [-0.05, 0) is 61.3 Å². The lowest BCUT2D eigenvalue weighted by atomic mass is 9.84. The van der Waals surface area contributed by atoms with Crippen molar-refractivity contribution in [3.05, 3.63) is 133 Å². The van der Waals surface area contributed by atoms with E-state index in [1.54, 1.807) is 0 Å². The normalized spacial score (nSPS) is 20.1. The first-order valence-electron chi connectivity index (χ1n) is 21.9. The van der Waals surface area contributed by atoms with Crippen molar-refractivity contribution in [2.24, 2.45) is 0 Å². The molecule has 0 fully saturated rings. The van der Waals surface area contributed by atoms with Crippen LogP contribution in [0.3, 0.4) is 0 Å². The van der Waals surface area contributed by atoms with E-state index in [1.165, 1.54) is 0 Å². The first kappa shape index (κ1) is 8.33. The van der Waals surface area contributed by atoms with Gasteiger partial charge in [0.1, 0.15) is 11.2 Å². The van der Waals surface area contributed by atoms with Crippen LogP contribution in [0.2, 0.25) is 0 Å². The number of hydrogen-bond acceptors (Lipinski definition) is 1. The highest BCUT2D eigenvalue weighted by molar-refractivity contribution is 6.25. The third-order valence-corrected chi connectivity index (χ3v) is 6.12. The molecule has 8 rings (SSSR count). The summed E-state index contributed by atoms with van der Waals surface area (Å²) in [6.45, 7) is 0. The highest BCUT2D eigenvalue weighted by Crippen LogP contribution is 2.46. The van der Waals surface area contributed by atoms with Crippen molar-refractivity contribution in [3.8, 4) is 22.3 Å². The van der Waals surface area contributed by atoms with E-state index in [1.807, 2.05) is 0 Å². The van der Waals surface area contributed by atoms with Crippen molar-refractivity contribution >= 4 is 54.3 Å². The predicted octanol–water partition coefficient (Wildman–Crippen LogP) is 10.4. The minimum absolute atomic E-state index is 0.323. The zero-order valence-electron chi connectivity index (χ0n) is 40.4. The van der Waals surface area contributed by atoms with E-state index in [0.29, 0.717) is 0 Å². The van der Waals surface area contributed by atoms with Gasteiger partial charge < -0.3 is 4.42 Å². The molecular weight excluding hydrogens is 448 g/mol. The monoisotopic (exact) mass is 492 g/mol. The van der Waals surface area contributed by atoms with E-state index in [9.17, 15) is 8.22 Å². The van der Waals surface area contributed by atoms with Crippen molar-refractivity contribution < 1.29 is 34.6 Å². The Morgan fingerprint density at radius 2 is 0.892 bits per heavy atom. The smallest absolute Gasteiger partial charge is 0.143 e. The summed E-state index contributed by atoms with van der Waals surface area (Å²) >= 11 is 0. The molecule has 0 aliphatic carbocycles. The molecule has 0 aliphatic rings. The summed E-state index contributed by atoms with van der Waals surface area (Å²) in [5.41, 5.74) is -3.49. The van der Waals surface area contributed by atoms with Gasteiger partial charge >= 0.3 is 0 Å². The largest absolute Gasteiger partial charge is 0.455 e. The molecule has 8 aromatic rings. The van der Waals surface area contributed by atoms with Crippen molar-refractivity contribution in [3.63, 3.8) is 0 Å². The van der Waals surface area contributed by atoms with Crippen molar-refractivity contribution in [1.82, 2.24) is 0 Å². The minimum atomic E-state index is -0.912. The maximum Gasteiger partial charge on any atom is 0.143 e. The molecule has 0 saturated heterocycles. The van der Waals surface area contributed by atoms with E-state index < -0.39 is 199 Å². The molecule has 0 saturated carbocycles. The number of fused-ring (bicyclic) bond motifs is 7. The third-order valence-electron chi connectivity index (χ3n) is 6.12. The summed E-state index contributed by atoms with van der Waals surface area (Å²) in [5.74, 6) is 0. The number of hydrogen-bond donors (Lipinski definition) is 0. The molecule has 0 atom stereocenters. The lowest BCUT2D eigenvalue weighted by molar-refractivity contribution is 0.672. The highest BCUT2D eigenvalue weighted by Gasteiger charge is 2.19. The fraction of sp³-hybridized carbons (Fsp3) is 0. The Labute approximate surface area is 245 Å². The van der Waals surface area contributed by atoms with Crippen LogP contribution < -0.4 is 0 Å². The molecule has 0 bridgehead atoms. The zero-order chi connectivity index (χ0) is 43.5. The molecule has 7 aromatic carbocycles. The van der Waals surface area contributed by atoms with Crippen LogP contribution in [-0.2, 0) is 0 Å². The van der Waals surface area contributed by atoms with Crippen LogP contribution in [0.15, 0.2) is 137 Å². The summed E-state index contributed by atoms with van der Waals surface area (Å²) in [4.78, 5) is 0. The van der Waals surface area contributed by atoms with Gasteiger partial charge in [0.05, 0.1) is 30.2 Å². The van der Waals surface area contributed by atoms with Crippen molar-refractivity contribution in [2.45, 2.75) is 0 Å². The molecule has 172 valence electrons. The third kappa shape index (κ3) is 2.92. The molecular formula is C36H22O. The average molecular weight is 493 g/mol. The maximum absolute atomic E-state index is 9.36. The second-order valence-corrected chi connectivity index (χ2v) is 8.01. The molecule has 0 amide bonds. The second-order valence-electron chi connectivity index (χ2n) is 8.01. The van der Waals surface area contributed by atoms with Gasteiger partial charge in [-0.1, -0.05) is 121 Å². The summed E-state index contributed by atoms with van der Waals surface area (Å²) in [7, 11) is 0. The lowest BCUT2D eigenvalue weighted by Crippen LogP contribution is -1.91. The molecule has 0 radical (unpaired) electrons. The van der Waals surface area contributed by atoms with Gasteiger partial charge in [0.2, 0.25) is 0 Å². The molecule has 37 heavy (non-hydrogen) atoms. The van der Waals surface area contributed by atoms with E-state index >= 15 is 0 Å². The zero-order valence-corrected chi connectivity index (χ0v) is 18.4. The molecule has 1 heteroatoms. The first-order valence-corrected chi connectivity index (χ1v) is 10.9. The number of para-hydroxylation sites is 1. The SMILES string of the molecule is [2H]c1c([2H])c([2H])c(-c2c3c([2H])c([2H])c([2H])c([2H])c3c(-c3c([2H])c([2H])c([2H])c4c3c([2H])c([2H])c3c4oc4c([2H])c([2H])c([2H])c([2H])c43)c3c([2H])c([2H])c([2H])c([2H])c23)c([2H])c1[2H]. The highest BCUT2D eigenvalue weighted by atomic mass is 16.3. The lowest BCUT2D eigenvalue weighted by Gasteiger charge is -2.18. The van der Waals surface area contributed by atoms with Crippen molar-refractivity contribution in [1.29, 1.82) is 0 Å².